The Morgan fingerprint density at radius 3 is 2.24 bits per heavy atom. The summed E-state index contributed by atoms with van der Waals surface area (Å²) in [4.78, 5) is 17.5. The SMILES string of the molecule is COc1ccc(-c2cc(-c3cc4ccc(NS(C)(=O)=O)cc4c(=O)o3)c(OC)c(C(C)(C)C)c2)c(OC)n1. The van der Waals surface area contributed by atoms with Crippen molar-refractivity contribution in [1.82, 2.24) is 4.98 Å². The van der Waals surface area contributed by atoms with Crippen LogP contribution in [-0.2, 0) is 15.4 Å². The summed E-state index contributed by atoms with van der Waals surface area (Å²) in [5, 5.41) is 0.832. The van der Waals surface area contributed by atoms with Crippen LogP contribution in [0.3, 0.4) is 0 Å². The Labute approximate surface area is 221 Å². The highest BCUT2D eigenvalue weighted by molar-refractivity contribution is 7.92. The summed E-state index contributed by atoms with van der Waals surface area (Å²) in [7, 11) is 1.15. The van der Waals surface area contributed by atoms with Gasteiger partial charge in [-0.3, -0.25) is 4.72 Å². The van der Waals surface area contributed by atoms with E-state index in [0.29, 0.717) is 34.2 Å². The molecule has 0 spiro atoms. The number of nitrogens with zero attached hydrogens (tertiary/aromatic N) is 1. The van der Waals surface area contributed by atoms with E-state index in [0.717, 1.165) is 22.9 Å². The van der Waals surface area contributed by atoms with Crippen LogP contribution in [0.25, 0.3) is 33.2 Å². The molecule has 0 fully saturated rings. The number of rotatable bonds is 7. The molecular formula is C28H30N2O7S. The molecule has 2 aromatic carbocycles. The maximum Gasteiger partial charge on any atom is 0.344 e. The zero-order chi connectivity index (χ0) is 27.8. The van der Waals surface area contributed by atoms with E-state index in [4.69, 9.17) is 18.6 Å². The van der Waals surface area contributed by atoms with Crippen LogP contribution in [0.4, 0.5) is 5.69 Å². The smallest absolute Gasteiger partial charge is 0.344 e. The Morgan fingerprint density at radius 1 is 0.895 bits per heavy atom. The van der Waals surface area contributed by atoms with Gasteiger partial charge in [-0.2, -0.15) is 4.98 Å². The predicted octanol–water partition coefficient (Wildman–Crippen LogP) is 5.22. The van der Waals surface area contributed by atoms with E-state index in [1.165, 1.54) is 20.3 Å². The van der Waals surface area contributed by atoms with Crippen LogP contribution in [0, 0.1) is 0 Å². The Hall–Kier alpha value is -4.05. The monoisotopic (exact) mass is 538 g/mol. The first-order valence-electron chi connectivity index (χ1n) is 11.7. The summed E-state index contributed by atoms with van der Waals surface area (Å²) in [6.45, 7) is 6.19. The van der Waals surface area contributed by atoms with E-state index in [2.05, 4.69) is 30.5 Å². The average Bonchev–Trinajstić information content (AvgIpc) is 2.86. The number of benzene rings is 2. The summed E-state index contributed by atoms with van der Waals surface area (Å²) in [6, 6.07) is 13.9. The zero-order valence-corrected chi connectivity index (χ0v) is 23.1. The lowest BCUT2D eigenvalue weighted by Crippen LogP contribution is -2.14. The number of pyridine rings is 1. The fourth-order valence-corrected chi connectivity index (χ4v) is 4.81. The number of fused-ring (bicyclic) bond motifs is 1. The number of sulfonamides is 1. The molecular weight excluding hydrogens is 508 g/mol. The van der Waals surface area contributed by atoms with E-state index in [-0.39, 0.29) is 16.5 Å². The standard InChI is InChI=1S/C28H30N2O7S/c1-28(2,3)22-13-17(19-10-11-24(34-4)29-26(19)36-6)12-21(25(22)35-5)23-14-16-8-9-18(30-38(7,32)33)15-20(16)27(31)37-23/h8-15,30H,1-7H3. The van der Waals surface area contributed by atoms with Crippen molar-refractivity contribution in [3.63, 3.8) is 0 Å². The second-order valence-electron chi connectivity index (χ2n) is 9.84. The minimum Gasteiger partial charge on any atom is -0.496 e. The fourth-order valence-electron chi connectivity index (χ4n) is 4.25. The lowest BCUT2D eigenvalue weighted by atomic mass is 9.82. The highest BCUT2D eigenvalue weighted by Crippen LogP contribution is 2.44. The number of aromatic nitrogens is 1. The molecule has 0 radical (unpaired) electrons. The molecule has 1 N–H and O–H groups in total. The molecule has 0 amide bonds. The van der Waals surface area contributed by atoms with Gasteiger partial charge < -0.3 is 18.6 Å². The Bertz CT molecular complexity index is 1690. The van der Waals surface area contributed by atoms with Crippen LogP contribution in [0.1, 0.15) is 26.3 Å². The van der Waals surface area contributed by atoms with Gasteiger partial charge in [-0.25, -0.2) is 13.2 Å². The number of methoxy groups -OCH3 is 3. The molecule has 0 saturated heterocycles. The molecule has 9 nitrogen and oxygen atoms in total. The van der Waals surface area contributed by atoms with E-state index in [1.54, 1.807) is 31.4 Å². The van der Waals surface area contributed by atoms with Crippen molar-refractivity contribution in [2.24, 2.45) is 0 Å². The van der Waals surface area contributed by atoms with Gasteiger partial charge in [0, 0.05) is 22.9 Å². The highest BCUT2D eigenvalue weighted by atomic mass is 32.2. The predicted molar refractivity (Wildman–Crippen MR) is 148 cm³/mol. The van der Waals surface area contributed by atoms with Gasteiger partial charge in [0.05, 0.1) is 38.5 Å². The maximum absolute atomic E-state index is 13.1. The molecule has 38 heavy (non-hydrogen) atoms. The quantitative estimate of drug-likeness (QED) is 0.341. The lowest BCUT2D eigenvalue weighted by Gasteiger charge is -2.25. The van der Waals surface area contributed by atoms with Crippen molar-refractivity contribution in [2.75, 3.05) is 32.3 Å². The number of hydrogen-bond donors (Lipinski definition) is 1. The number of anilines is 1. The van der Waals surface area contributed by atoms with Crippen LogP contribution in [0.15, 0.2) is 57.7 Å². The molecule has 4 aromatic rings. The van der Waals surface area contributed by atoms with Crippen molar-refractivity contribution in [3.8, 4) is 40.0 Å². The second-order valence-corrected chi connectivity index (χ2v) is 11.6. The Morgan fingerprint density at radius 2 is 1.63 bits per heavy atom. The molecule has 2 aromatic heterocycles. The molecule has 200 valence electrons. The molecule has 10 heteroatoms. The highest BCUT2D eigenvalue weighted by Gasteiger charge is 2.26. The van der Waals surface area contributed by atoms with E-state index in [9.17, 15) is 13.2 Å². The van der Waals surface area contributed by atoms with Crippen molar-refractivity contribution < 1.29 is 27.0 Å². The Balaban J connectivity index is 1.98. The molecule has 0 bridgehead atoms. The van der Waals surface area contributed by atoms with Crippen molar-refractivity contribution in [3.05, 3.63) is 64.5 Å². The first-order chi connectivity index (χ1) is 17.8. The van der Waals surface area contributed by atoms with Crippen LogP contribution in [0.5, 0.6) is 17.5 Å². The third kappa shape index (κ3) is 5.45. The summed E-state index contributed by atoms with van der Waals surface area (Å²) in [5.74, 6) is 1.67. The molecule has 0 saturated carbocycles. The normalized spacial score (nSPS) is 11.9. The summed E-state index contributed by atoms with van der Waals surface area (Å²) in [6.07, 6.45) is 1.04. The van der Waals surface area contributed by atoms with E-state index >= 15 is 0 Å². The van der Waals surface area contributed by atoms with Crippen molar-refractivity contribution in [2.45, 2.75) is 26.2 Å². The molecule has 0 aliphatic rings. The lowest BCUT2D eigenvalue weighted by molar-refractivity contribution is 0.366. The van der Waals surface area contributed by atoms with Gasteiger partial charge in [0.25, 0.3) is 0 Å². The van der Waals surface area contributed by atoms with Gasteiger partial charge in [-0.1, -0.05) is 26.8 Å². The topological polar surface area (TPSA) is 117 Å². The summed E-state index contributed by atoms with van der Waals surface area (Å²) >= 11 is 0. The van der Waals surface area contributed by atoms with Crippen molar-refractivity contribution >= 4 is 26.5 Å². The van der Waals surface area contributed by atoms with Gasteiger partial charge in [0.15, 0.2) is 0 Å². The largest absolute Gasteiger partial charge is 0.496 e. The minimum absolute atomic E-state index is 0.245. The van der Waals surface area contributed by atoms with Gasteiger partial charge in [-0.15, -0.1) is 0 Å². The molecule has 4 rings (SSSR count). The molecule has 0 aliphatic carbocycles. The van der Waals surface area contributed by atoms with Crippen LogP contribution in [-0.4, -0.2) is 41.0 Å². The van der Waals surface area contributed by atoms with Crippen LogP contribution in [0.2, 0.25) is 0 Å². The molecule has 0 atom stereocenters. The van der Waals surface area contributed by atoms with Gasteiger partial charge in [0.1, 0.15) is 11.5 Å². The molecule has 2 heterocycles. The van der Waals surface area contributed by atoms with Crippen LogP contribution < -0.4 is 24.6 Å². The molecule has 0 aliphatic heterocycles. The van der Waals surface area contributed by atoms with Gasteiger partial charge in [0.2, 0.25) is 21.8 Å². The number of ether oxygens (including phenoxy) is 3. The first kappa shape index (κ1) is 27.0. The summed E-state index contributed by atoms with van der Waals surface area (Å²) < 4.78 is 48.1. The number of nitrogens with one attached hydrogen (secondary N) is 1. The van der Waals surface area contributed by atoms with E-state index in [1.807, 2.05) is 18.2 Å². The Kier molecular flexibility index (Phi) is 7.12. The zero-order valence-electron chi connectivity index (χ0n) is 22.3. The first-order valence-corrected chi connectivity index (χ1v) is 13.6. The third-order valence-electron chi connectivity index (χ3n) is 5.98. The second kappa shape index (κ2) is 10.0. The third-order valence-corrected chi connectivity index (χ3v) is 6.59. The average molecular weight is 539 g/mol. The summed E-state index contributed by atoms with van der Waals surface area (Å²) in [5.41, 5.74) is 2.31. The van der Waals surface area contributed by atoms with Gasteiger partial charge >= 0.3 is 5.63 Å². The number of hydrogen-bond acceptors (Lipinski definition) is 8. The van der Waals surface area contributed by atoms with Crippen LogP contribution >= 0.6 is 0 Å². The van der Waals surface area contributed by atoms with E-state index < -0.39 is 15.6 Å². The maximum atomic E-state index is 13.1. The van der Waals surface area contributed by atoms with Crippen molar-refractivity contribution in [1.29, 1.82) is 0 Å². The molecule has 0 unspecified atom stereocenters. The van der Waals surface area contributed by atoms with Gasteiger partial charge in [-0.05, 0) is 52.8 Å². The minimum atomic E-state index is -3.50. The fraction of sp³-hybridized carbons (Fsp3) is 0.286.